The monoisotopic (exact) mass is 258 g/mol. The van der Waals surface area contributed by atoms with Crippen LogP contribution in [0.3, 0.4) is 0 Å². The molecule has 1 atom stereocenters. The van der Waals surface area contributed by atoms with Crippen LogP contribution in [-0.4, -0.2) is 22.8 Å². The second-order valence-electron chi connectivity index (χ2n) is 4.35. The summed E-state index contributed by atoms with van der Waals surface area (Å²) in [4.78, 5) is 15.4. The van der Waals surface area contributed by atoms with Gasteiger partial charge < -0.3 is 5.32 Å². The van der Waals surface area contributed by atoms with Gasteiger partial charge in [-0.3, -0.25) is 9.78 Å². The maximum Gasteiger partial charge on any atom is 0.253 e. The Morgan fingerprint density at radius 2 is 2.24 bits per heavy atom. The summed E-state index contributed by atoms with van der Waals surface area (Å²) in [5.41, 5.74) is 0.212. The number of hydrogen-bond acceptors (Lipinski definition) is 2. The van der Waals surface area contributed by atoms with E-state index in [9.17, 15) is 9.18 Å². The number of hydrogen-bond donors (Lipinski definition) is 1. The fourth-order valence-corrected chi connectivity index (χ4v) is 1.74. The average molecular weight is 259 g/mol. The van der Waals surface area contributed by atoms with E-state index < -0.39 is 5.82 Å². The van der Waals surface area contributed by atoms with Crippen molar-refractivity contribution in [1.82, 2.24) is 10.3 Å². The smallest absolute Gasteiger partial charge is 0.253 e. The van der Waals surface area contributed by atoms with Crippen molar-refractivity contribution in [3.63, 3.8) is 0 Å². The largest absolute Gasteiger partial charge is 0.348 e. The Labute approximate surface area is 105 Å². The minimum Gasteiger partial charge on any atom is -0.348 e. The molecular formula is C12H16ClFN2O. The number of rotatable bonds is 5. The van der Waals surface area contributed by atoms with E-state index in [0.717, 1.165) is 18.7 Å². The summed E-state index contributed by atoms with van der Waals surface area (Å²) in [6.45, 7) is 4.10. The quantitative estimate of drug-likeness (QED) is 0.825. The minimum atomic E-state index is -0.524. The van der Waals surface area contributed by atoms with E-state index in [-0.39, 0.29) is 17.5 Å². The summed E-state index contributed by atoms with van der Waals surface area (Å²) in [6, 6.07) is 1.05. The van der Waals surface area contributed by atoms with Crippen molar-refractivity contribution in [2.24, 2.45) is 5.92 Å². The van der Waals surface area contributed by atoms with Gasteiger partial charge in [-0.1, -0.05) is 13.8 Å². The van der Waals surface area contributed by atoms with Gasteiger partial charge in [0.1, 0.15) is 5.82 Å². The zero-order valence-electron chi connectivity index (χ0n) is 9.91. The lowest BCUT2D eigenvalue weighted by molar-refractivity contribution is 0.0936. The molecule has 1 aromatic heterocycles. The third kappa shape index (κ3) is 4.69. The summed E-state index contributed by atoms with van der Waals surface area (Å²) < 4.78 is 12.9. The highest BCUT2D eigenvalue weighted by molar-refractivity contribution is 6.18. The van der Waals surface area contributed by atoms with E-state index >= 15 is 0 Å². The molecule has 0 aliphatic carbocycles. The molecule has 3 nitrogen and oxygen atoms in total. The second kappa shape index (κ2) is 6.55. The third-order valence-corrected chi connectivity index (χ3v) is 2.62. The zero-order chi connectivity index (χ0) is 12.8. The van der Waals surface area contributed by atoms with Gasteiger partial charge in [0.2, 0.25) is 0 Å². The summed E-state index contributed by atoms with van der Waals surface area (Å²) in [7, 11) is 0. The fourth-order valence-electron chi connectivity index (χ4n) is 1.53. The van der Waals surface area contributed by atoms with Crippen LogP contribution < -0.4 is 5.32 Å². The lowest BCUT2D eigenvalue weighted by Gasteiger charge is -2.17. The molecule has 0 aliphatic rings. The van der Waals surface area contributed by atoms with Crippen LogP contribution in [0.4, 0.5) is 4.39 Å². The Morgan fingerprint density at radius 3 is 2.76 bits per heavy atom. The van der Waals surface area contributed by atoms with Crippen LogP contribution in [0.25, 0.3) is 0 Å². The molecule has 0 aliphatic heterocycles. The number of nitrogens with zero attached hydrogens (tertiary/aromatic N) is 1. The zero-order valence-corrected chi connectivity index (χ0v) is 10.7. The lowest BCUT2D eigenvalue weighted by Crippen LogP contribution is -2.37. The van der Waals surface area contributed by atoms with Crippen molar-refractivity contribution in [3.8, 4) is 0 Å². The Hall–Kier alpha value is -1.16. The van der Waals surface area contributed by atoms with Crippen molar-refractivity contribution in [2.75, 3.05) is 5.88 Å². The molecule has 1 aromatic rings. The molecular weight excluding hydrogens is 243 g/mol. The second-order valence-corrected chi connectivity index (χ2v) is 4.65. The first-order valence-electron chi connectivity index (χ1n) is 5.50. The van der Waals surface area contributed by atoms with Crippen molar-refractivity contribution in [1.29, 1.82) is 0 Å². The molecule has 1 heterocycles. The third-order valence-electron chi connectivity index (χ3n) is 2.24. The van der Waals surface area contributed by atoms with Crippen LogP contribution in [-0.2, 0) is 0 Å². The maximum absolute atomic E-state index is 12.9. The molecule has 0 aromatic carbocycles. The number of nitrogens with one attached hydrogen (secondary N) is 1. The molecule has 5 heteroatoms. The van der Waals surface area contributed by atoms with Gasteiger partial charge in [-0.05, 0) is 18.4 Å². The van der Waals surface area contributed by atoms with Gasteiger partial charge in [0.25, 0.3) is 5.91 Å². The number of alkyl halides is 1. The Morgan fingerprint density at radius 1 is 1.53 bits per heavy atom. The van der Waals surface area contributed by atoms with Gasteiger partial charge in [0.15, 0.2) is 0 Å². The van der Waals surface area contributed by atoms with Crippen molar-refractivity contribution < 1.29 is 9.18 Å². The first-order valence-corrected chi connectivity index (χ1v) is 6.03. The van der Waals surface area contributed by atoms with Crippen LogP contribution >= 0.6 is 11.6 Å². The van der Waals surface area contributed by atoms with Crippen LogP contribution in [0.1, 0.15) is 30.6 Å². The number of carbonyl (C=O) groups excluding carboxylic acids is 1. The number of aromatic nitrogens is 1. The first kappa shape index (κ1) is 13.9. The highest BCUT2D eigenvalue weighted by Gasteiger charge is 2.14. The van der Waals surface area contributed by atoms with Gasteiger partial charge in [-0.15, -0.1) is 11.6 Å². The van der Waals surface area contributed by atoms with Gasteiger partial charge in [-0.25, -0.2) is 4.39 Å². The molecule has 0 saturated heterocycles. The minimum absolute atomic E-state index is 0.104. The molecule has 17 heavy (non-hydrogen) atoms. The summed E-state index contributed by atoms with van der Waals surface area (Å²) in [5, 5.41) is 2.76. The van der Waals surface area contributed by atoms with Crippen LogP contribution in [0.2, 0.25) is 0 Å². The van der Waals surface area contributed by atoms with Crippen LogP contribution in [0.15, 0.2) is 18.5 Å². The molecule has 0 fully saturated rings. The van der Waals surface area contributed by atoms with E-state index in [0.29, 0.717) is 11.8 Å². The van der Waals surface area contributed by atoms with Gasteiger partial charge in [0.05, 0.1) is 11.8 Å². The molecule has 0 spiro atoms. The number of halogens is 2. The highest BCUT2D eigenvalue weighted by Crippen LogP contribution is 2.08. The maximum atomic E-state index is 12.9. The van der Waals surface area contributed by atoms with E-state index in [2.05, 4.69) is 24.1 Å². The van der Waals surface area contributed by atoms with E-state index in [1.165, 1.54) is 6.20 Å². The summed E-state index contributed by atoms with van der Waals surface area (Å²) >= 11 is 5.77. The molecule has 1 unspecified atom stereocenters. The first-order chi connectivity index (χ1) is 8.02. The van der Waals surface area contributed by atoms with Crippen molar-refractivity contribution >= 4 is 17.5 Å². The van der Waals surface area contributed by atoms with Crippen LogP contribution in [0.5, 0.6) is 0 Å². The standard InChI is InChI=1S/C12H16ClFN2O/c1-8(2)3-11(5-13)16-12(17)9-4-10(14)7-15-6-9/h4,6-8,11H,3,5H2,1-2H3,(H,16,17). The van der Waals surface area contributed by atoms with Gasteiger partial charge in [-0.2, -0.15) is 0 Å². The summed E-state index contributed by atoms with van der Waals surface area (Å²) in [5.74, 6) is -0.0935. The topological polar surface area (TPSA) is 42.0 Å². The lowest BCUT2D eigenvalue weighted by atomic mass is 10.0. The molecule has 94 valence electrons. The molecule has 1 N–H and O–H groups in total. The van der Waals surface area contributed by atoms with Crippen molar-refractivity contribution in [3.05, 3.63) is 29.8 Å². The van der Waals surface area contributed by atoms with Crippen LogP contribution in [0, 0.1) is 11.7 Å². The molecule has 0 bridgehead atoms. The van der Waals surface area contributed by atoms with E-state index in [4.69, 9.17) is 11.6 Å². The average Bonchev–Trinajstić information content (AvgIpc) is 2.27. The normalized spacial score (nSPS) is 12.5. The Bertz CT molecular complexity index is 385. The Kier molecular flexibility index (Phi) is 5.35. The molecule has 0 saturated carbocycles. The van der Waals surface area contributed by atoms with Gasteiger partial charge in [0, 0.05) is 18.1 Å². The Balaban J connectivity index is 2.64. The predicted octanol–water partition coefficient (Wildman–Crippen LogP) is 2.60. The number of pyridine rings is 1. The summed E-state index contributed by atoms with van der Waals surface area (Å²) in [6.07, 6.45) is 3.18. The molecule has 1 rings (SSSR count). The molecule has 0 radical (unpaired) electrons. The number of carbonyl (C=O) groups is 1. The SMILES string of the molecule is CC(C)CC(CCl)NC(=O)c1cncc(F)c1. The van der Waals surface area contributed by atoms with Gasteiger partial charge >= 0.3 is 0 Å². The molecule has 1 amide bonds. The van der Waals surface area contributed by atoms with Crippen molar-refractivity contribution in [2.45, 2.75) is 26.3 Å². The highest BCUT2D eigenvalue weighted by atomic mass is 35.5. The van der Waals surface area contributed by atoms with E-state index in [1.54, 1.807) is 0 Å². The fraction of sp³-hybridized carbons (Fsp3) is 0.500. The number of amides is 1. The predicted molar refractivity (Wildman–Crippen MR) is 65.6 cm³/mol. The van der Waals surface area contributed by atoms with E-state index in [1.807, 2.05) is 0 Å².